The van der Waals surface area contributed by atoms with Gasteiger partial charge in [-0.1, -0.05) is 19.9 Å². The molecule has 0 saturated heterocycles. The molecule has 0 radical (unpaired) electrons. The molecule has 0 unspecified atom stereocenters. The van der Waals surface area contributed by atoms with Crippen molar-refractivity contribution in [3.8, 4) is 0 Å². The summed E-state index contributed by atoms with van der Waals surface area (Å²) in [5.74, 6) is 5.16. The first-order valence-electron chi connectivity index (χ1n) is 5.42. The normalized spacial score (nSPS) is 12.2. The van der Waals surface area contributed by atoms with E-state index in [0.717, 1.165) is 0 Å². The molecule has 0 aliphatic heterocycles. The molecule has 0 bridgehead atoms. The molecule has 2 aromatic rings. The lowest BCUT2D eigenvalue weighted by Crippen LogP contribution is -2.26. The lowest BCUT2D eigenvalue weighted by Gasteiger charge is -2.23. The van der Waals surface area contributed by atoms with Crippen LogP contribution in [-0.4, -0.2) is 11.2 Å². The first-order valence-corrected chi connectivity index (χ1v) is 5.42. The van der Waals surface area contributed by atoms with Gasteiger partial charge in [0.25, 0.3) is 0 Å². The van der Waals surface area contributed by atoms with Gasteiger partial charge in [-0.05, 0) is 29.1 Å². The molecule has 0 aliphatic rings. The molecule has 0 saturated carbocycles. The lowest BCUT2D eigenvalue weighted by molar-refractivity contribution is 0.0965. The molecule has 0 aliphatic carbocycles. The molecule has 0 atom stereocenters. The Morgan fingerprint density at radius 3 is 2.75 bits per heavy atom. The molecule has 2 N–H and O–H groups in total. The largest absolute Gasteiger partial charge is 0.351 e. The van der Waals surface area contributed by atoms with E-state index in [1.54, 1.807) is 0 Å². The summed E-state index contributed by atoms with van der Waals surface area (Å²) in [5, 5.41) is 1.25. The van der Waals surface area contributed by atoms with E-state index in [2.05, 4.69) is 55.9 Å². The van der Waals surface area contributed by atoms with Gasteiger partial charge in [0.1, 0.15) is 0 Å². The Kier molecular flexibility index (Phi) is 2.74. The van der Waals surface area contributed by atoms with Crippen molar-refractivity contribution in [2.75, 3.05) is 6.61 Å². The molecule has 86 valence electrons. The van der Waals surface area contributed by atoms with E-state index < -0.39 is 0 Å². The highest BCUT2D eigenvalue weighted by molar-refractivity contribution is 5.81. The molecule has 0 fully saturated rings. The molecule has 3 nitrogen and oxygen atoms in total. The Bertz CT molecular complexity index is 500. The average molecular weight is 218 g/mol. The number of benzene rings is 1. The number of hydrogen-bond donors (Lipinski definition) is 1. The Morgan fingerprint density at radius 1 is 1.31 bits per heavy atom. The van der Waals surface area contributed by atoms with Crippen LogP contribution >= 0.6 is 0 Å². The average Bonchev–Trinajstić information content (AvgIpc) is 2.60. The Hall–Kier alpha value is -1.32. The van der Waals surface area contributed by atoms with Crippen LogP contribution in [0.5, 0.6) is 0 Å². The van der Waals surface area contributed by atoms with Crippen molar-refractivity contribution in [2.45, 2.75) is 19.3 Å². The highest BCUT2D eigenvalue weighted by Crippen LogP contribution is 2.26. The van der Waals surface area contributed by atoms with Crippen LogP contribution < -0.4 is 5.90 Å². The van der Waals surface area contributed by atoms with Crippen molar-refractivity contribution in [2.24, 2.45) is 12.9 Å². The number of hydrogen-bond acceptors (Lipinski definition) is 2. The van der Waals surface area contributed by atoms with Gasteiger partial charge in [-0.15, -0.1) is 0 Å². The van der Waals surface area contributed by atoms with Crippen LogP contribution in [0.4, 0.5) is 0 Å². The minimum absolute atomic E-state index is 0.0568. The zero-order valence-corrected chi connectivity index (χ0v) is 10.0. The number of fused-ring (bicyclic) bond motifs is 1. The maximum Gasteiger partial charge on any atom is 0.0770 e. The van der Waals surface area contributed by atoms with E-state index >= 15 is 0 Å². The second-order valence-electron chi connectivity index (χ2n) is 4.90. The Morgan fingerprint density at radius 2 is 2.06 bits per heavy atom. The zero-order chi connectivity index (χ0) is 11.8. The summed E-state index contributed by atoms with van der Waals surface area (Å²) in [6.07, 6.45) is 2.07. The summed E-state index contributed by atoms with van der Waals surface area (Å²) in [7, 11) is 2.05. The minimum Gasteiger partial charge on any atom is -0.351 e. The van der Waals surface area contributed by atoms with Crippen molar-refractivity contribution in [1.29, 1.82) is 0 Å². The van der Waals surface area contributed by atoms with Gasteiger partial charge >= 0.3 is 0 Å². The van der Waals surface area contributed by atoms with Crippen molar-refractivity contribution in [3.05, 3.63) is 36.0 Å². The number of aromatic nitrogens is 1. The number of rotatable bonds is 3. The summed E-state index contributed by atoms with van der Waals surface area (Å²) in [6, 6.07) is 8.61. The molecule has 1 aromatic carbocycles. The van der Waals surface area contributed by atoms with Crippen LogP contribution in [0.25, 0.3) is 10.9 Å². The predicted octanol–water partition coefficient (Wildman–Crippen LogP) is 2.35. The molecule has 2 rings (SSSR count). The first-order chi connectivity index (χ1) is 7.54. The summed E-state index contributed by atoms with van der Waals surface area (Å²) in [4.78, 5) is 4.77. The van der Waals surface area contributed by atoms with Crippen molar-refractivity contribution in [3.63, 3.8) is 0 Å². The third kappa shape index (κ3) is 1.84. The van der Waals surface area contributed by atoms with E-state index in [0.29, 0.717) is 6.61 Å². The van der Waals surface area contributed by atoms with E-state index in [4.69, 9.17) is 10.7 Å². The standard InChI is InChI=1S/C13H18N2O/c1-13(2,9-16-14)11-4-5-12-10(8-11)6-7-15(12)3/h4-8H,9,14H2,1-3H3. The van der Waals surface area contributed by atoms with Gasteiger partial charge < -0.3 is 9.40 Å². The van der Waals surface area contributed by atoms with Crippen LogP contribution in [0.3, 0.4) is 0 Å². The van der Waals surface area contributed by atoms with Gasteiger partial charge in [0.2, 0.25) is 0 Å². The van der Waals surface area contributed by atoms with Gasteiger partial charge in [0.15, 0.2) is 0 Å². The van der Waals surface area contributed by atoms with Crippen molar-refractivity contribution in [1.82, 2.24) is 4.57 Å². The highest BCUT2D eigenvalue weighted by Gasteiger charge is 2.21. The highest BCUT2D eigenvalue weighted by atomic mass is 16.6. The minimum atomic E-state index is -0.0568. The molecule has 1 heterocycles. The Labute approximate surface area is 95.8 Å². The summed E-state index contributed by atoms with van der Waals surface area (Å²) >= 11 is 0. The van der Waals surface area contributed by atoms with Crippen LogP contribution in [0.1, 0.15) is 19.4 Å². The van der Waals surface area contributed by atoms with Crippen LogP contribution in [0.2, 0.25) is 0 Å². The van der Waals surface area contributed by atoms with E-state index in [1.807, 2.05) is 0 Å². The SMILES string of the molecule is Cn1ccc2cc(C(C)(C)CON)ccc21. The van der Waals surface area contributed by atoms with E-state index in [1.165, 1.54) is 16.5 Å². The van der Waals surface area contributed by atoms with Crippen LogP contribution in [0.15, 0.2) is 30.5 Å². The fourth-order valence-corrected chi connectivity index (χ4v) is 1.99. The van der Waals surface area contributed by atoms with Crippen LogP contribution in [0, 0.1) is 0 Å². The molecule has 16 heavy (non-hydrogen) atoms. The van der Waals surface area contributed by atoms with Gasteiger partial charge in [-0.25, -0.2) is 5.90 Å². The van der Waals surface area contributed by atoms with E-state index in [-0.39, 0.29) is 5.41 Å². The maximum atomic E-state index is 5.16. The van der Waals surface area contributed by atoms with Gasteiger partial charge in [0, 0.05) is 24.2 Å². The maximum absolute atomic E-state index is 5.16. The van der Waals surface area contributed by atoms with Crippen LogP contribution in [-0.2, 0) is 17.3 Å². The Balaban J connectivity index is 2.46. The number of nitrogens with zero attached hydrogens (tertiary/aromatic N) is 1. The zero-order valence-electron chi connectivity index (χ0n) is 10.0. The lowest BCUT2D eigenvalue weighted by atomic mass is 9.85. The van der Waals surface area contributed by atoms with Gasteiger partial charge in [-0.3, -0.25) is 0 Å². The first kappa shape index (κ1) is 11.2. The number of aryl methyl sites for hydroxylation is 1. The molecule has 0 spiro atoms. The summed E-state index contributed by atoms with van der Waals surface area (Å²) in [6.45, 7) is 4.78. The predicted molar refractivity (Wildman–Crippen MR) is 66.1 cm³/mol. The topological polar surface area (TPSA) is 40.2 Å². The fraction of sp³-hybridized carbons (Fsp3) is 0.385. The van der Waals surface area contributed by atoms with Crippen molar-refractivity contribution >= 4 is 10.9 Å². The number of nitrogens with two attached hydrogens (primary N) is 1. The molecular formula is C13H18N2O. The molecular weight excluding hydrogens is 200 g/mol. The monoisotopic (exact) mass is 218 g/mol. The molecule has 0 amide bonds. The smallest absolute Gasteiger partial charge is 0.0770 e. The third-order valence-electron chi connectivity index (χ3n) is 3.11. The molecule has 1 aromatic heterocycles. The van der Waals surface area contributed by atoms with Gasteiger partial charge in [0.05, 0.1) is 6.61 Å². The summed E-state index contributed by atoms with van der Waals surface area (Å²) < 4.78 is 2.12. The fourth-order valence-electron chi connectivity index (χ4n) is 1.99. The molecule has 3 heteroatoms. The quantitative estimate of drug-likeness (QED) is 0.803. The van der Waals surface area contributed by atoms with Gasteiger partial charge in [-0.2, -0.15) is 0 Å². The van der Waals surface area contributed by atoms with Crippen molar-refractivity contribution < 1.29 is 4.84 Å². The van der Waals surface area contributed by atoms with E-state index in [9.17, 15) is 0 Å². The second-order valence-corrected chi connectivity index (χ2v) is 4.90. The third-order valence-corrected chi connectivity index (χ3v) is 3.11. The summed E-state index contributed by atoms with van der Waals surface area (Å²) in [5.41, 5.74) is 2.43. The second kappa shape index (κ2) is 3.92.